The van der Waals surface area contributed by atoms with Crippen molar-refractivity contribution in [2.45, 2.75) is 12.8 Å². The molecule has 104 valence electrons. The largest absolute Gasteiger partial charge is 0.385 e. The highest BCUT2D eigenvalue weighted by Gasteiger charge is 2.16. The molecule has 1 aliphatic rings. The Hall–Kier alpha value is -1.62. The molecular formula is C14H22N4O. The number of hydrogen-bond acceptors (Lipinski definition) is 4. The molecule has 1 atom stereocenters. The number of carbonyl (C=O) groups excluding carboxylic acids is 1. The van der Waals surface area contributed by atoms with Crippen LogP contribution in [0.4, 0.5) is 5.69 Å². The number of likely N-dealkylation sites (tertiary alicyclic amines) is 1. The highest BCUT2D eigenvalue weighted by atomic mass is 16.1. The van der Waals surface area contributed by atoms with E-state index in [0.717, 1.165) is 18.8 Å². The van der Waals surface area contributed by atoms with Crippen molar-refractivity contribution in [2.24, 2.45) is 5.92 Å². The molecule has 1 unspecified atom stereocenters. The molecule has 5 nitrogen and oxygen atoms in total. The lowest BCUT2D eigenvalue weighted by Crippen LogP contribution is -2.35. The predicted octanol–water partition coefficient (Wildman–Crippen LogP) is 1.19. The first kappa shape index (κ1) is 13.8. The van der Waals surface area contributed by atoms with Gasteiger partial charge in [0.25, 0.3) is 5.91 Å². The van der Waals surface area contributed by atoms with E-state index >= 15 is 0 Å². The fraction of sp³-hybridized carbons (Fsp3) is 0.571. The maximum Gasteiger partial charge on any atom is 0.269 e. The lowest BCUT2D eigenvalue weighted by molar-refractivity contribution is 0.0958. The molecule has 0 saturated carbocycles. The van der Waals surface area contributed by atoms with Crippen molar-refractivity contribution in [1.29, 1.82) is 0 Å². The number of amides is 1. The summed E-state index contributed by atoms with van der Waals surface area (Å²) in [5, 5.41) is 5.99. The van der Waals surface area contributed by atoms with Gasteiger partial charge in [-0.1, -0.05) is 0 Å². The normalized spacial score (nSPS) is 20.0. The van der Waals surface area contributed by atoms with Crippen LogP contribution >= 0.6 is 0 Å². The minimum atomic E-state index is -0.152. The van der Waals surface area contributed by atoms with Crippen LogP contribution in [0.2, 0.25) is 0 Å². The number of piperidine rings is 1. The van der Waals surface area contributed by atoms with Crippen LogP contribution in [0, 0.1) is 5.92 Å². The SMILES string of the molecule is CNC(=O)c1cc(NCC2CCCN(C)C2)ccn1. The number of anilines is 1. The molecule has 1 fully saturated rings. The average Bonchev–Trinajstić information content (AvgIpc) is 2.45. The van der Waals surface area contributed by atoms with Crippen LogP contribution < -0.4 is 10.6 Å². The summed E-state index contributed by atoms with van der Waals surface area (Å²) >= 11 is 0. The summed E-state index contributed by atoms with van der Waals surface area (Å²) in [6.45, 7) is 3.29. The van der Waals surface area contributed by atoms with E-state index in [-0.39, 0.29) is 5.91 Å². The summed E-state index contributed by atoms with van der Waals surface area (Å²) in [6.07, 6.45) is 4.20. The first-order valence-electron chi connectivity index (χ1n) is 6.79. The molecule has 0 bridgehead atoms. The van der Waals surface area contributed by atoms with E-state index in [4.69, 9.17) is 0 Å². The van der Waals surface area contributed by atoms with Crippen molar-refractivity contribution < 1.29 is 4.79 Å². The fourth-order valence-corrected chi connectivity index (χ4v) is 2.49. The van der Waals surface area contributed by atoms with Gasteiger partial charge >= 0.3 is 0 Å². The smallest absolute Gasteiger partial charge is 0.269 e. The summed E-state index contributed by atoms with van der Waals surface area (Å²) in [5.74, 6) is 0.524. The molecule has 2 rings (SSSR count). The van der Waals surface area contributed by atoms with Crippen molar-refractivity contribution in [3.05, 3.63) is 24.0 Å². The number of hydrogen-bond donors (Lipinski definition) is 2. The van der Waals surface area contributed by atoms with Crippen LogP contribution in [0.5, 0.6) is 0 Å². The number of nitrogens with zero attached hydrogens (tertiary/aromatic N) is 2. The summed E-state index contributed by atoms with van der Waals surface area (Å²) in [4.78, 5) is 17.9. The minimum absolute atomic E-state index is 0.152. The summed E-state index contributed by atoms with van der Waals surface area (Å²) in [7, 11) is 3.78. The molecule has 5 heteroatoms. The molecule has 0 aliphatic carbocycles. The zero-order valence-electron chi connectivity index (χ0n) is 11.6. The minimum Gasteiger partial charge on any atom is -0.385 e. The van der Waals surface area contributed by atoms with Gasteiger partial charge < -0.3 is 15.5 Å². The van der Waals surface area contributed by atoms with Gasteiger partial charge in [-0.2, -0.15) is 0 Å². The van der Waals surface area contributed by atoms with Crippen LogP contribution in [0.25, 0.3) is 0 Å². The van der Waals surface area contributed by atoms with Crippen LogP contribution in [0.1, 0.15) is 23.3 Å². The van der Waals surface area contributed by atoms with Crippen LogP contribution in [-0.4, -0.2) is 49.5 Å². The molecule has 19 heavy (non-hydrogen) atoms. The van der Waals surface area contributed by atoms with E-state index in [1.54, 1.807) is 19.3 Å². The summed E-state index contributed by atoms with van der Waals surface area (Å²) in [5.41, 5.74) is 1.41. The second-order valence-corrected chi connectivity index (χ2v) is 5.16. The van der Waals surface area contributed by atoms with Gasteiger partial charge in [-0.3, -0.25) is 9.78 Å². The first-order chi connectivity index (χ1) is 9.19. The number of pyridine rings is 1. The van der Waals surface area contributed by atoms with E-state index < -0.39 is 0 Å². The molecule has 0 radical (unpaired) electrons. The molecule has 0 aromatic carbocycles. The zero-order valence-corrected chi connectivity index (χ0v) is 11.6. The van der Waals surface area contributed by atoms with Gasteiger partial charge in [0.05, 0.1) is 0 Å². The van der Waals surface area contributed by atoms with Gasteiger partial charge in [0.15, 0.2) is 0 Å². The molecule has 1 aromatic rings. The fourth-order valence-electron chi connectivity index (χ4n) is 2.49. The van der Waals surface area contributed by atoms with Crippen molar-refractivity contribution in [2.75, 3.05) is 39.0 Å². The molecular weight excluding hydrogens is 240 g/mol. The van der Waals surface area contributed by atoms with Crippen molar-refractivity contribution >= 4 is 11.6 Å². The molecule has 2 heterocycles. The quantitative estimate of drug-likeness (QED) is 0.856. The molecule has 0 spiro atoms. The van der Waals surface area contributed by atoms with Crippen molar-refractivity contribution in [3.63, 3.8) is 0 Å². The maximum atomic E-state index is 11.5. The molecule has 1 aliphatic heterocycles. The van der Waals surface area contributed by atoms with Gasteiger partial charge in [-0.25, -0.2) is 0 Å². The Labute approximate surface area is 114 Å². The highest BCUT2D eigenvalue weighted by Crippen LogP contribution is 2.16. The van der Waals surface area contributed by atoms with E-state index in [9.17, 15) is 4.79 Å². The van der Waals surface area contributed by atoms with Crippen molar-refractivity contribution in [3.8, 4) is 0 Å². The summed E-state index contributed by atoms with van der Waals surface area (Å²) in [6, 6.07) is 3.70. The lowest BCUT2D eigenvalue weighted by atomic mass is 9.98. The van der Waals surface area contributed by atoms with Gasteiger partial charge in [0, 0.05) is 32.0 Å². The molecule has 1 saturated heterocycles. The number of aromatic nitrogens is 1. The van der Waals surface area contributed by atoms with E-state index in [2.05, 4.69) is 27.6 Å². The van der Waals surface area contributed by atoms with E-state index in [1.165, 1.54) is 19.4 Å². The third-order valence-corrected chi connectivity index (χ3v) is 3.54. The number of nitrogens with one attached hydrogen (secondary N) is 2. The Balaban J connectivity index is 1.90. The van der Waals surface area contributed by atoms with Gasteiger partial charge in [-0.15, -0.1) is 0 Å². The third-order valence-electron chi connectivity index (χ3n) is 3.54. The van der Waals surface area contributed by atoms with Crippen molar-refractivity contribution in [1.82, 2.24) is 15.2 Å². The molecule has 2 N–H and O–H groups in total. The molecule has 1 amide bonds. The van der Waals surface area contributed by atoms with E-state index in [0.29, 0.717) is 11.6 Å². The Morgan fingerprint density at radius 2 is 2.42 bits per heavy atom. The topological polar surface area (TPSA) is 57.3 Å². The number of carbonyl (C=O) groups is 1. The monoisotopic (exact) mass is 262 g/mol. The van der Waals surface area contributed by atoms with Gasteiger partial charge in [0.1, 0.15) is 5.69 Å². The zero-order chi connectivity index (χ0) is 13.7. The van der Waals surface area contributed by atoms with E-state index in [1.807, 2.05) is 6.07 Å². The molecule has 1 aromatic heterocycles. The Morgan fingerprint density at radius 3 is 3.16 bits per heavy atom. The average molecular weight is 262 g/mol. The van der Waals surface area contributed by atoms with Crippen LogP contribution in [-0.2, 0) is 0 Å². The maximum absolute atomic E-state index is 11.5. The Morgan fingerprint density at radius 1 is 1.58 bits per heavy atom. The second-order valence-electron chi connectivity index (χ2n) is 5.16. The first-order valence-corrected chi connectivity index (χ1v) is 6.79. The number of rotatable bonds is 4. The standard InChI is InChI=1S/C14H22N4O/c1-15-14(19)13-8-12(5-6-16-13)17-9-11-4-3-7-18(2)10-11/h5-6,8,11H,3-4,7,9-10H2,1-2H3,(H,15,19)(H,16,17). The second kappa shape index (κ2) is 6.52. The Bertz CT molecular complexity index is 435. The van der Waals surface area contributed by atoms with Crippen LogP contribution in [0.3, 0.4) is 0 Å². The van der Waals surface area contributed by atoms with Crippen LogP contribution in [0.15, 0.2) is 18.3 Å². The van der Waals surface area contributed by atoms with Gasteiger partial charge in [-0.05, 0) is 44.5 Å². The lowest BCUT2D eigenvalue weighted by Gasteiger charge is -2.29. The van der Waals surface area contributed by atoms with Gasteiger partial charge in [0.2, 0.25) is 0 Å². The summed E-state index contributed by atoms with van der Waals surface area (Å²) < 4.78 is 0. The predicted molar refractivity (Wildman–Crippen MR) is 76.3 cm³/mol. The Kier molecular flexibility index (Phi) is 4.74. The third kappa shape index (κ3) is 3.92. The highest BCUT2D eigenvalue weighted by molar-refractivity contribution is 5.92.